The summed E-state index contributed by atoms with van der Waals surface area (Å²) in [5, 5.41) is 10.6. The van der Waals surface area contributed by atoms with E-state index < -0.39 is 5.60 Å². The first-order valence-electron chi connectivity index (χ1n) is 6.52. The molecular weight excluding hydrogens is 228 g/mol. The van der Waals surface area contributed by atoms with Crippen molar-refractivity contribution in [3.63, 3.8) is 0 Å². The average Bonchev–Trinajstić information content (AvgIpc) is 2.35. The number of hydrogen-bond donors (Lipinski definition) is 1. The molecule has 0 spiro atoms. The van der Waals surface area contributed by atoms with Crippen molar-refractivity contribution in [3.05, 3.63) is 29.3 Å². The third-order valence-electron chi connectivity index (χ3n) is 3.48. The van der Waals surface area contributed by atoms with Crippen LogP contribution >= 0.6 is 0 Å². The van der Waals surface area contributed by atoms with E-state index in [-0.39, 0.29) is 6.10 Å². The standard InChI is InChI=1S/C15H22O3/c1-11(2)18-10-15(16)7-6-12-4-5-14(17-3)8-13(12)9-15/h4-5,8,11,16H,6-7,9-10H2,1-3H3. The lowest BCUT2D eigenvalue weighted by Crippen LogP contribution is -2.41. The number of benzene rings is 1. The number of aliphatic hydroxyl groups is 1. The minimum absolute atomic E-state index is 0.153. The summed E-state index contributed by atoms with van der Waals surface area (Å²) in [6, 6.07) is 6.10. The van der Waals surface area contributed by atoms with Crippen LogP contribution in [-0.2, 0) is 17.6 Å². The number of fused-ring (bicyclic) bond motifs is 1. The number of aryl methyl sites for hydroxylation is 1. The molecule has 1 aromatic carbocycles. The third-order valence-corrected chi connectivity index (χ3v) is 3.48. The molecule has 1 aliphatic rings. The molecule has 1 unspecified atom stereocenters. The minimum atomic E-state index is -0.733. The van der Waals surface area contributed by atoms with Gasteiger partial charge in [0.15, 0.2) is 0 Å². The Hall–Kier alpha value is -1.06. The van der Waals surface area contributed by atoms with E-state index in [9.17, 15) is 5.11 Å². The van der Waals surface area contributed by atoms with Gasteiger partial charge in [-0.2, -0.15) is 0 Å². The smallest absolute Gasteiger partial charge is 0.119 e. The van der Waals surface area contributed by atoms with E-state index in [0.717, 1.165) is 18.6 Å². The monoisotopic (exact) mass is 250 g/mol. The maximum Gasteiger partial charge on any atom is 0.119 e. The van der Waals surface area contributed by atoms with Crippen molar-refractivity contribution in [2.75, 3.05) is 13.7 Å². The number of methoxy groups -OCH3 is 1. The van der Waals surface area contributed by atoms with Crippen LogP contribution in [0.25, 0.3) is 0 Å². The summed E-state index contributed by atoms with van der Waals surface area (Å²) in [6.07, 6.45) is 2.46. The van der Waals surface area contributed by atoms with Crippen molar-refractivity contribution in [2.45, 2.75) is 44.8 Å². The van der Waals surface area contributed by atoms with E-state index in [1.807, 2.05) is 26.0 Å². The molecule has 1 N–H and O–H groups in total. The summed E-state index contributed by atoms with van der Waals surface area (Å²) in [5.74, 6) is 0.850. The zero-order valence-electron chi connectivity index (χ0n) is 11.4. The largest absolute Gasteiger partial charge is 0.497 e. The van der Waals surface area contributed by atoms with Crippen LogP contribution in [0, 0.1) is 0 Å². The van der Waals surface area contributed by atoms with Gasteiger partial charge in [0.1, 0.15) is 5.75 Å². The van der Waals surface area contributed by atoms with Gasteiger partial charge < -0.3 is 14.6 Å². The lowest BCUT2D eigenvalue weighted by atomic mass is 9.81. The van der Waals surface area contributed by atoms with Gasteiger partial charge in [-0.15, -0.1) is 0 Å². The fourth-order valence-electron chi connectivity index (χ4n) is 2.39. The van der Waals surface area contributed by atoms with Crippen molar-refractivity contribution < 1.29 is 14.6 Å². The molecule has 0 saturated heterocycles. The number of hydrogen-bond acceptors (Lipinski definition) is 3. The normalized spacial score (nSPS) is 22.9. The predicted molar refractivity (Wildman–Crippen MR) is 71.1 cm³/mol. The molecule has 2 rings (SSSR count). The van der Waals surface area contributed by atoms with E-state index in [2.05, 4.69) is 6.07 Å². The van der Waals surface area contributed by atoms with Crippen LogP contribution in [0.1, 0.15) is 31.4 Å². The lowest BCUT2D eigenvalue weighted by molar-refractivity contribution is -0.0715. The van der Waals surface area contributed by atoms with E-state index in [1.165, 1.54) is 11.1 Å². The zero-order chi connectivity index (χ0) is 13.2. The molecule has 3 nitrogen and oxygen atoms in total. The molecule has 1 aromatic rings. The van der Waals surface area contributed by atoms with Gasteiger partial charge in [-0.3, -0.25) is 0 Å². The summed E-state index contributed by atoms with van der Waals surface area (Å²) in [6.45, 7) is 4.38. The highest BCUT2D eigenvalue weighted by atomic mass is 16.5. The Balaban J connectivity index is 2.12. The third kappa shape index (κ3) is 3.03. The first-order chi connectivity index (χ1) is 8.52. The lowest BCUT2D eigenvalue weighted by Gasteiger charge is -2.34. The molecular formula is C15H22O3. The molecule has 0 aliphatic heterocycles. The number of ether oxygens (including phenoxy) is 2. The molecule has 0 heterocycles. The van der Waals surface area contributed by atoms with Crippen LogP contribution < -0.4 is 4.74 Å². The molecule has 0 fully saturated rings. The van der Waals surface area contributed by atoms with Crippen LogP contribution in [-0.4, -0.2) is 30.5 Å². The predicted octanol–water partition coefficient (Wildman–Crippen LogP) is 2.34. The minimum Gasteiger partial charge on any atom is -0.497 e. The summed E-state index contributed by atoms with van der Waals surface area (Å²) >= 11 is 0. The Kier molecular flexibility index (Phi) is 3.93. The van der Waals surface area contributed by atoms with Gasteiger partial charge in [0.2, 0.25) is 0 Å². The van der Waals surface area contributed by atoms with Gasteiger partial charge in [0, 0.05) is 6.42 Å². The molecule has 3 heteroatoms. The molecule has 0 radical (unpaired) electrons. The summed E-state index contributed by atoms with van der Waals surface area (Å²) in [5.41, 5.74) is 1.75. The second kappa shape index (κ2) is 5.29. The molecule has 0 saturated carbocycles. The van der Waals surface area contributed by atoms with Crippen LogP contribution in [0.4, 0.5) is 0 Å². The van der Waals surface area contributed by atoms with Crippen LogP contribution in [0.5, 0.6) is 5.75 Å². The number of rotatable bonds is 4. The van der Waals surface area contributed by atoms with Gasteiger partial charge in [-0.05, 0) is 49.9 Å². The Bertz CT molecular complexity index is 414. The molecule has 1 aliphatic carbocycles. The molecule has 100 valence electrons. The van der Waals surface area contributed by atoms with Crippen LogP contribution in [0.2, 0.25) is 0 Å². The Morgan fingerprint density at radius 3 is 2.78 bits per heavy atom. The van der Waals surface area contributed by atoms with Crippen LogP contribution in [0.15, 0.2) is 18.2 Å². The fraction of sp³-hybridized carbons (Fsp3) is 0.600. The van der Waals surface area contributed by atoms with Crippen molar-refractivity contribution in [1.29, 1.82) is 0 Å². The molecule has 1 atom stereocenters. The second-order valence-electron chi connectivity index (χ2n) is 5.40. The SMILES string of the molecule is COc1ccc2c(c1)CC(O)(COC(C)C)CC2. The summed E-state index contributed by atoms with van der Waals surface area (Å²) in [4.78, 5) is 0. The van der Waals surface area contributed by atoms with E-state index in [1.54, 1.807) is 7.11 Å². The van der Waals surface area contributed by atoms with Gasteiger partial charge in [-0.25, -0.2) is 0 Å². The summed E-state index contributed by atoms with van der Waals surface area (Å²) < 4.78 is 10.8. The van der Waals surface area contributed by atoms with Gasteiger partial charge >= 0.3 is 0 Å². The Morgan fingerprint density at radius 1 is 1.33 bits per heavy atom. The average molecular weight is 250 g/mol. The van der Waals surface area contributed by atoms with E-state index in [0.29, 0.717) is 13.0 Å². The first-order valence-corrected chi connectivity index (χ1v) is 6.52. The van der Waals surface area contributed by atoms with Crippen molar-refractivity contribution in [2.24, 2.45) is 0 Å². The highest BCUT2D eigenvalue weighted by Gasteiger charge is 2.32. The van der Waals surface area contributed by atoms with Gasteiger partial charge in [0.25, 0.3) is 0 Å². The highest BCUT2D eigenvalue weighted by molar-refractivity contribution is 5.38. The quantitative estimate of drug-likeness (QED) is 0.891. The Labute approximate surface area is 109 Å². The fourth-order valence-corrected chi connectivity index (χ4v) is 2.39. The summed E-state index contributed by atoms with van der Waals surface area (Å²) in [7, 11) is 1.67. The van der Waals surface area contributed by atoms with Crippen molar-refractivity contribution >= 4 is 0 Å². The first kappa shape index (κ1) is 13.4. The van der Waals surface area contributed by atoms with Gasteiger partial charge in [0.05, 0.1) is 25.4 Å². The van der Waals surface area contributed by atoms with Gasteiger partial charge in [-0.1, -0.05) is 6.07 Å². The highest BCUT2D eigenvalue weighted by Crippen LogP contribution is 2.31. The van der Waals surface area contributed by atoms with Crippen LogP contribution in [0.3, 0.4) is 0 Å². The van der Waals surface area contributed by atoms with Crippen molar-refractivity contribution in [3.8, 4) is 5.75 Å². The zero-order valence-corrected chi connectivity index (χ0v) is 11.4. The second-order valence-corrected chi connectivity index (χ2v) is 5.40. The topological polar surface area (TPSA) is 38.7 Å². The molecule has 0 aromatic heterocycles. The van der Waals surface area contributed by atoms with E-state index in [4.69, 9.17) is 9.47 Å². The molecule has 0 bridgehead atoms. The maximum atomic E-state index is 10.6. The maximum absolute atomic E-state index is 10.6. The molecule has 0 amide bonds. The molecule has 18 heavy (non-hydrogen) atoms. The van der Waals surface area contributed by atoms with Crippen molar-refractivity contribution in [1.82, 2.24) is 0 Å². The van der Waals surface area contributed by atoms with E-state index >= 15 is 0 Å². The Morgan fingerprint density at radius 2 is 2.11 bits per heavy atom.